The summed E-state index contributed by atoms with van der Waals surface area (Å²) in [5, 5.41) is 19.4. The van der Waals surface area contributed by atoms with E-state index in [-0.39, 0.29) is 25.9 Å². The fourth-order valence-electron chi connectivity index (χ4n) is 1.84. The molecule has 19 heavy (non-hydrogen) atoms. The Labute approximate surface area is 107 Å². The van der Waals surface area contributed by atoms with Gasteiger partial charge < -0.3 is 20.4 Å². The van der Waals surface area contributed by atoms with Crippen molar-refractivity contribution in [1.82, 2.24) is 10.2 Å². The molecule has 0 radical (unpaired) electrons. The van der Waals surface area contributed by atoms with Crippen LogP contribution in [0.5, 0.6) is 0 Å². The minimum atomic E-state index is -4.27. The Morgan fingerprint density at radius 1 is 1.32 bits per heavy atom. The van der Waals surface area contributed by atoms with Crippen molar-refractivity contribution in [1.29, 1.82) is 0 Å². The molecule has 2 amide bonds. The minimum absolute atomic E-state index is 0.0895. The number of halogens is 3. The van der Waals surface area contributed by atoms with Crippen LogP contribution in [0, 0.1) is 5.92 Å². The predicted octanol–water partition coefficient (Wildman–Crippen LogP) is 0.416. The molecule has 0 aliphatic carbocycles. The molecular weight excluding hydrogens is 269 g/mol. The second kappa shape index (κ2) is 6.09. The SMILES string of the molecule is O=C(O)C(CO)NC(=O)N1CCC(C(F)(F)F)CC1. The summed E-state index contributed by atoms with van der Waals surface area (Å²) in [6.07, 6.45) is -4.67. The van der Waals surface area contributed by atoms with Crippen LogP contribution in [0.3, 0.4) is 0 Å². The van der Waals surface area contributed by atoms with E-state index in [2.05, 4.69) is 0 Å². The van der Waals surface area contributed by atoms with Gasteiger partial charge in [0, 0.05) is 13.1 Å². The van der Waals surface area contributed by atoms with Crippen LogP contribution in [0.15, 0.2) is 0 Å². The zero-order valence-corrected chi connectivity index (χ0v) is 9.98. The van der Waals surface area contributed by atoms with Crippen molar-refractivity contribution < 1.29 is 33.0 Å². The lowest BCUT2D eigenvalue weighted by molar-refractivity contribution is -0.183. The van der Waals surface area contributed by atoms with Gasteiger partial charge >= 0.3 is 18.2 Å². The molecule has 1 heterocycles. The number of nitrogens with one attached hydrogen (secondary N) is 1. The van der Waals surface area contributed by atoms with Crippen molar-refractivity contribution in [2.75, 3.05) is 19.7 Å². The second-order valence-electron chi connectivity index (χ2n) is 4.33. The number of carboxylic acid groups (broad SMARTS) is 1. The zero-order valence-electron chi connectivity index (χ0n) is 9.98. The Morgan fingerprint density at radius 2 is 1.84 bits per heavy atom. The van der Waals surface area contributed by atoms with Gasteiger partial charge in [0.2, 0.25) is 0 Å². The van der Waals surface area contributed by atoms with Crippen LogP contribution >= 0.6 is 0 Å². The third-order valence-corrected chi connectivity index (χ3v) is 3.02. The molecule has 0 saturated carbocycles. The normalized spacial score (nSPS) is 19.1. The van der Waals surface area contributed by atoms with E-state index in [0.717, 1.165) is 4.90 Å². The van der Waals surface area contributed by atoms with E-state index in [4.69, 9.17) is 10.2 Å². The molecule has 6 nitrogen and oxygen atoms in total. The number of likely N-dealkylation sites (tertiary alicyclic amines) is 1. The lowest BCUT2D eigenvalue weighted by Gasteiger charge is -2.33. The molecule has 0 aromatic heterocycles. The molecule has 1 atom stereocenters. The molecular formula is C10H15F3N2O4. The highest BCUT2D eigenvalue weighted by Gasteiger charge is 2.41. The van der Waals surface area contributed by atoms with Crippen molar-refractivity contribution in [3.8, 4) is 0 Å². The average Bonchev–Trinajstić information content (AvgIpc) is 2.34. The van der Waals surface area contributed by atoms with Crippen molar-refractivity contribution in [3.63, 3.8) is 0 Å². The number of rotatable bonds is 3. The van der Waals surface area contributed by atoms with Crippen molar-refractivity contribution in [3.05, 3.63) is 0 Å². The van der Waals surface area contributed by atoms with Gasteiger partial charge in [-0.15, -0.1) is 0 Å². The number of aliphatic carboxylic acids is 1. The van der Waals surface area contributed by atoms with E-state index < -0.39 is 36.7 Å². The maximum Gasteiger partial charge on any atom is 0.391 e. The first-order valence-electron chi connectivity index (χ1n) is 5.71. The lowest BCUT2D eigenvalue weighted by Crippen LogP contribution is -2.52. The number of carbonyl (C=O) groups excluding carboxylic acids is 1. The molecule has 1 aliphatic rings. The van der Waals surface area contributed by atoms with Crippen LogP contribution in [0.2, 0.25) is 0 Å². The summed E-state index contributed by atoms with van der Waals surface area (Å²) in [5.41, 5.74) is 0. The standard InChI is InChI=1S/C10H15F3N2O4/c11-10(12,13)6-1-3-15(4-2-6)9(19)14-7(5-16)8(17)18/h6-7,16H,1-5H2,(H,14,19)(H,17,18). The fourth-order valence-corrected chi connectivity index (χ4v) is 1.84. The number of nitrogens with zero attached hydrogens (tertiary/aromatic N) is 1. The van der Waals surface area contributed by atoms with Gasteiger partial charge in [-0.1, -0.05) is 0 Å². The smallest absolute Gasteiger partial charge is 0.391 e. The van der Waals surface area contributed by atoms with E-state index in [1.165, 1.54) is 0 Å². The van der Waals surface area contributed by atoms with Crippen LogP contribution in [0.25, 0.3) is 0 Å². The number of piperidine rings is 1. The molecule has 3 N–H and O–H groups in total. The number of hydrogen-bond donors (Lipinski definition) is 3. The average molecular weight is 284 g/mol. The highest BCUT2D eigenvalue weighted by atomic mass is 19.4. The van der Waals surface area contributed by atoms with Crippen molar-refractivity contribution >= 4 is 12.0 Å². The van der Waals surface area contributed by atoms with Gasteiger partial charge in [0.25, 0.3) is 0 Å². The highest BCUT2D eigenvalue weighted by molar-refractivity contribution is 5.82. The van der Waals surface area contributed by atoms with Crippen LogP contribution in [-0.2, 0) is 4.79 Å². The topological polar surface area (TPSA) is 89.9 Å². The summed E-state index contributed by atoms with van der Waals surface area (Å²) in [7, 11) is 0. The number of amides is 2. The van der Waals surface area contributed by atoms with E-state index in [1.54, 1.807) is 0 Å². The number of aliphatic hydroxyl groups excluding tert-OH is 1. The van der Waals surface area contributed by atoms with Gasteiger partial charge in [-0.25, -0.2) is 9.59 Å². The quantitative estimate of drug-likeness (QED) is 0.700. The molecule has 0 aromatic rings. The van der Waals surface area contributed by atoms with E-state index >= 15 is 0 Å². The monoisotopic (exact) mass is 284 g/mol. The van der Waals surface area contributed by atoms with Gasteiger partial charge in [-0.05, 0) is 12.8 Å². The summed E-state index contributed by atoms with van der Waals surface area (Å²) >= 11 is 0. The molecule has 0 spiro atoms. The first-order chi connectivity index (χ1) is 8.75. The molecule has 0 bridgehead atoms. The van der Waals surface area contributed by atoms with Crippen LogP contribution in [0.1, 0.15) is 12.8 Å². The number of urea groups is 1. The molecule has 1 rings (SSSR count). The van der Waals surface area contributed by atoms with Gasteiger partial charge in [-0.3, -0.25) is 0 Å². The van der Waals surface area contributed by atoms with E-state index in [0.29, 0.717) is 0 Å². The Balaban J connectivity index is 2.47. The highest BCUT2D eigenvalue weighted by Crippen LogP contribution is 2.33. The van der Waals surface area contributed by atoms with Gasteiger partial charge in [0.1, 0.15) is 0 Å². The number of carboxylic acids is 1. The first kappa shape index (κ1) is 15.5. The number of hydrogen-bond acceptors (Lipinski definition) is 3. The molecule has 1 fully saturated rings. The summed E-state index contributed by atoms with van der Waals surface area (Å²) in [5.74, 6) is -2.83. The fraction of sp³-hybridized carbons (Fsp3) is 0.800. The molecule has 1 aliphatic heterocycles. The Hall–Kier alpha value is -1.51. The number of alkyl halides is 3. The summed E-state index contributed by atoms with van der Waals surface area (Å²) in [6.45, 7) is -0.957. The Kier molecular flexibility index (Phi) is 4.98. The molecule has 1 unspecified atom stereocenters. The van der Waals surface area contributed by atoms with Gasteiger partial charge in [-0.2, -0.15) is 13.2 Å². The molecule has 0 aromatic carbocycles. The first-order valence-corrected chi connectivity index (χ1v) is 5.71. The largest absolute Gasteiger partial charge is 0.480 e. The van der Waals surface area contributed by atoms with Crippen molar-refractivity contribution in [2.45, 2.75) is 25.1 Å². The lowest BCUT2D eigenvalue weighted by atomic mass is 9.96. The number of carbonyl (C=O) groups is 2. The predicted molar refractivity (Wildman–Crippen MR) is 57.4 cm³/mol. The molecule has 9 heteroatoms. The Morgan fingerprint density at radius 3 is 2.21 bits per heavy atom. The second-order valence-corrected chi connectivity index (χ2v) is 4.33. The van der Waals surface area contributed by atoms with Gasteiger partial charge in [0.15, 0.2) is 6.04 Å². The van der Waals surface area contributed by atoms with Crippen LogP contribution < -0.4 is 5.32 Å². The zero-order chi connectivity index (χ0) is 14.6. The van der Waals surface area contributed by atoms with Gasteiger partial charge in [0.05, 0.1) is 12.5 Å². The number of aliphatic hydroxyl groups is 1. The van der Waals surface area contributed by atoms with E-state index in [1.807, 2.05) is 5.32 Å². The van der Waals surface area contributed by atoms with E-state index in [9.17, 15) is 22.8 Å². The van der Waals surface area contributed by atoms with Crippen LogP contribution in [0.4, 0.5) is 18.0 Å². The summed E-state index contributed by atoms with van der Waals surface area (Å²) in [4.78, 5) is 23.3. The summed E-state index contributed by atoms with van der Waals surface area (Å²) in [6, 6.07) is -2.23. The minimum Gasteiger partial charge on any atom is -0.480 e. The third-order valence-electron chi connectivity index (χ3n) is 3.02. The molecule has 1 saturated heterocycles. The van der Waals surface area contributed by atoms with Crippen LogP contribution in [-0.4, -0.2) is 59.0 Å². The van der Waals surface area contributed by atoms with Crippen molar-refractivity contribution in [2.24, 2.45) is 5.92 Å². The maximum atomic E-state index is 12.4. The maximum absolute atomic E-state index is 12.4. The third kappa shape index (κ3) is 4.27. The Bertz CT molecular complexity index is 340. The summed E-state index contributed by atoms with van der Waals surface area (Å²) < 4.78 is 37.2. The molecule has 110 valence electrons.